The number of aryl methyl sites for hydroxylation is 1. The molecule has 1 fully saturated rings. The number of guanidine groups is 1. The van der Waals surface area contributed by atoms with Crippen molar-refractivity contribution in [1.29, 1.82) is 0 Å². The minimum absolute atomic E-state index is 0.245. The number of amides is 1. The van der Waals surface area contributed by atoms with E-state index in [0.717, 1.165) is 38.6 Å². The average Bonchev–Trinajstić information content (AvgIpc) is 3.14. The summed E-state index contributed by atoms with van der Waals surface area (Å²) in [6.45, 7) is 7.31. The highest BCUT2D eigenvalue weighted by atomic mass is 16.2. The molecule has 0 spiro atoms. The van der Waals surface area contributed by atoms with Crippen molar-refractivity contribution in [2.24, 2.45) is 4.99 Å². The predicted octanol–water partition coefficient (Wildman–Crippen LogP) is 2.67. The van der Waals surface area contributed by atoms with Crippen molar-refractivity contribution in [1.82, 2.24) is 15.5 Å². The van der Waals surface area contributed by atoms with Crippen LogP contribution in [0.5, 0.6) is 0 Å². The monoisotopic (exact) mass is 356 g/mol. The van der Waals surface area contributed by atoms with Gasteiger partial charge >= 0.3 is 0 Å². The van der Waals surface area contributed by atoms with Gasteiger partial charge in [-0.05, 0) is 43.7 Å². The Labute approximate surface area is 157 Å². The van der Waals surface area contributed by atoms with Crippen LogP contribution in [0.1, 0.15) is 56.6 Å². The summed E-state index contributed by atoms with van der Waals surface area (Å²) in [5, 5.41) is 6.90. The van der Waals surface area contributed by atoms with Gasteiger partial charge < -0.3 is 15.5 Å². The van der Waals surface area contributed by atoms with Crippen molar-refractivity contribution in [3.63, 3.8) is 0 Å². The molecule has 0 saturated carbocycles. The van der Waals surface area contributed by atoms with E-state index < -0.39 is 0 Å². The SMILES string of the molecule is CCNC(=NCC1CCCc2ccccc21)NC1CCN(C(=O)CC)C1. The topological polar surface area (TPSA) is 56.7 Å². The van der Waals surface area contributed by atoms with Crippen LogP contribution in [-0.2, 0) is 11.2 Å². The molecule has 2 atom stereocenters. The summed E-state index contributed by atoms with van der Waals surface area (Å²) < 4.78 is 0. The maximum atomic E-state index is 11.9. The van der Waals surface area contributed by atoms with Gasteiger partial charge in [0, 0.05) is 44.6 Å². The Bertz CT molecular complexity index is 643. The molecule has 0 radical (unpaired) electrons. The lowest BCUT2D eigenvalue weighted by molar-refractivity contribution is -0.129. The van der Waals surface area contributed by atoms with Gasteiger partial charge in [-0.15, -0.1) is 0 Å². The summed E-state index contributed by atoms with van der Waals surface area (Å²) in [7, 11) is 0. The third-order valence-electron chi connectivity index (χ3n) is 5.49. The van der Waals surface area contributed by atoms with Gasteiger partial charge in [0.25, 0.3) is 0 Å². The van der Waals surface area contributed by atoms with Crippen LogP contribution in [0.4, 0.5) is 0 Å². The third kappa shape index (κ3) is 4.57. The van der Waals surface area contributed by atoms with Crippen molar-refractivity contribution in [2.75, 3.05) is 26.2 Å². The lowest BCUT2D eigenvalue weighted by Gasteiger charge is -2.25. The molecule has 1 aromatic carbocycles. The van der Waals surface area contributed by atoms with E-state index in [0.29, 0.717) is 18.4 Å². The number of carbonyl (C=O) groups excluding carboxylic acids is 1. The van der Waals surface area contributed by atoms with Gasteiger partial charge in [0.05, 0.1) is 0 Å². The summed E-state index contributed by atoms with van der Waals surface area (Å²) in [6, 6.07) is 9.09. The van der Waals surface area contributed by atoms with Crippen LogP contribution in [0.15, 0.2) is 29.3 Å². The van der Waals surface area contributed by atoms with E-state index in [1.165, 1.54) is 30.4 Å². The van der Waals surface area contributed by atoms with Gasteiger partial charge in [-0.25, -0.2) is 0 Å². The number of hydrogen-bond acceptors (Lipinski definition) is 2. The minimum Gasteiger partial charge on any atom is -0.357 e. The fourth-order valence-electron chi connectivity index (χ4n) is 4.09. The Morgan fingerprint density at radius 3 is 2.92 bits per heavy atom. The van der Waals surface area contributed by atoms with Crippen LogP contribution in [-0.4, -0.2) is 49.0 Å². The van der Waals surface area contributed by atoms with Crippen LogP contribution in [0.2, 0.25) is 0 Å². The van der Waals surface area contributed by atoms with Crippen LogP contribution in [0, 0.1) is 0 Å². The molecule has 0 bridgehead atoms. The fraction of sp³-hybridized carbons (Fsp3) is 0.619. The molecule has 1 aliphatic heterocycles. The Balaban J connectivity index is 1.61. The number of likely N-dealkylation sites (tertiary alicyclic amines) is 1. The maximum Gasteiger partial charge on any atom is 0.222 e. The second kappa shape index (κ2) is 9.06. The first-order chi connectivity index (χ1) is 12.7. The molecule has 1 heterocycles. The van der Waals surface area contributed by atoms with Crippen LogP contribution in [0.3, 0.4) is 0 Å². The first-order valence-electron chi connectivity index (χ1n) is 10.1. The van der Waals surface area contributed by atoms with E-state index in [9.17, 15) is 4.79 Å². The number of nitrogens with zero attached hydrogens (tertiary/aromatic N) is 2. The Morgan fingerprint density at radius 1 is 1.27 bits per heavy atom. The van der Waals surface area contributed by atoms with Gasteiger partial charge in [0.2, 0.25) is 5.91 Å². The van der Waals surface area contributed by atoms with Gasteiger partial charge in [-0.1, -0.05) is 31.2 Å². The smallest absolute Gasteiger partial charge is 0.222 e. The molecular formula is C21H32N4O. The van der Waals surface area contributed by atoms with Gasteiger partial charge in [-0.2, -0.15) is 0 Å². The number of nitrogens with one attached hydrogen (secondary N) is 2. The second-order valence-corrected chi connectivity index (χ2v) is 7.33. The van der Waals surface area contributed by atoms with Crippen molar-refractivity contribution in [3.05, 3.63) is 35.4 Å². The van der Waals surface area contributed by atoms with Crippen molar-refractivity contribution in [3.8, 4) is 0 Å². The summed E-state index contributed by atoms with van der Waals surface area (Å²) in [6.07, 6.45) is 5.22. The molecule has 142 valence electrons. The van der Waals surface area contributed by atoms with E-state index in [4.69, 9.17) is 4.99 Å². The molecule has 2 unspecified atom stereocenters. The van der Waals surface area contributed by atoms with Crippen molar-refractivity contribution >= 4 is 11.9 Å². The first kappa shape index (κ1) is 18.7. The molecule has 1 amide bonds. The summed E-state index contributed by atoms with van der Waals surface area (Å²) in [5.74, 6) is 1.64. The number of carbonyl (C=O) groups is 1. The molecule has 1 saturated heterocycles. The van der Waals surface area contributed by atoms with Crippen molar-refractivity contribution < 1.29 is 4.79 Å². The molecule has 3 rings (SSSR count). The minimum atomic E-state index is 0.245. The first-order valence-corrected chi connectivity index (χ1v) is 10.1. The standard InChI is InChI=1S/C21H32N4O/c1-3-20(26)25-13-12-18(15-25)24-21(22-4-2)23-14-17-10-7-9-16-8-5-6-11-19(16)17/h5-6,8,11,17-18H,3-4,7,9-10,12-15H2,1-2H3,(H2,22,23,24). The highest BCUT2D eigenvalue weighted by molar-refractivity contribution is 5.80. The zero-order chi connectivity index (χ0) is 18.4. The summed E-state index contributed by atoms with van der Waals surface area (Å²) in [4.78, 5) is 18.7. The molecule has 26 heavy (non-hydrogen) atoms. The molecule has 5 heteroatoms. The molecule has 0 aromatic heterocycles. The number of fused-ring (bicyclic) bond motifs is 1. The Kier molecular flexibility index (Phi) is 6.53. The number of aliphatic imine (C=N–C) groups is 1. The zero-order valence-electron chi connectivity index (χ0n) is 16.1. The number of benzene rings is 1. The molecule has 2 aliphatic rings. The molecular weight excluding hydrogens is 324 g/mol. The van der Waals surface area contributed by atoms with E-state index in [1.807, 2.05) is 11.8 Å². The molecule has 1 aromatic rings. The summed E-state index contributed by atoms with van der Waals surface area (Å²) in [5.41, 5.74) is 2.96. The van der Waals surface area contributed by atoms with Crippen LogP contribution in [0.25, 0.3) is 0 Å². The number of rotatable bonds is 5. The molecule has 1 aliphatic carbocycles. The fourth-order valence-corrected chi connectivity index (χ4v) is 4.09. The zero-order valence-corrected chi connectivity index (χ0v) is 16.1. The third-order valence-corrected chi connectivity index (χ3v) is 5.49. The van der Waals surface area contributed by atoms with E-state index in [-0.39, 0.29) is 5.91 Å². The molecule has 5 nitrogen and oxygen atoms in total. The lowest BCUT2D eigenvalue weighted by atomic mass is 9.83. The predicted molar refractivity (Wildman–Crippen MR) is 107 cm³/mol. The Hall–Kier alpha value is -2.04. The van der Waals surface area contributed by atoms with Crippen molar-refractivity contribution in [2.45, 2.75) is 57.9 Å². The highest BCUT2D eigenvalue weighted by Gasteiger charge is 2.26. The lowest BCUT2D eigenvalue weighted by Crippen LogP contribution is -2.45. The van der Waals surface area contributed by atoms with Gasteiger partial charge in [0.15, 0.2) is 5.96 Å². The molecule has 2 N–H and O–H groups in total. The van der Waals surface area contributed by atoms with E-state index in [1.54, 1.807) is 0 Å². The summed E-state index contributed by atoms with van der Waals surface area (Å²) >= 11 is 0. The van der Waals surface area contributed by atoms with Crippen LogP contribution < -0.4 is 10.6 Å². The Morgan fingerprint density at radius 2 is 2.12 bits per heavy atom. The highest BCUT2D eigenvalue weighted by Crippen LogP contribution is 2.31. The van der Waals surface area contributed by atoms with E-state index >= 15 is 0 Å². The normalized spacial score (nSPS) is 22.8. The van der Waals surface area contributed by atoms with E-state index in [2.05, 4.69) is 41.8 Å². The van der Waals surface area contributed by atoms with Gasteiger partial charge in [-0.3, -0.25) is 9.79 Å². The largest absolute Gasteiger partial charge is 0.357 e. The number of hydrogen-bond donors (Lipinski definition) is 2. The quantitative estimate of drug-likeness (QED) is 0.630. The average molecular weight is 357 g/mol. The van der Waals surface area contributed by atoms with Gasteiger partial charge in [0.1, 0.15) is 0 Å². The maximum absolute atomic E-state index is 11.9. The van der Waals surface area contributed by atoms with Crippen LogP contribution >= 0.6 is 0 Å². The second-order valence-electron chi connectivity index (χ2n) is 7.33.